The molecule has 0 radical (unpaired) electrons. The summed E-state index contributed by atoms with van der Waals surface area (Å²) in [7, 11) is -3.23. The fourth-order valence-electron chi connectivity index (χ4n) is 2.44. The molecule has 0 saturated carbocycles. The van der Waals surface area contributed by atoms with Crippen LogP contribution >= 0.6 is 11.8 Å². The number of carbonyl (C=O) groups is 1. The number of sulfonamides is 1. The van der Waals surface area contributed by atoms with Gasteiger partial charge in [-0.15, -0.1) is 11.8 Å². The molecule has 5 nitrogen and oxygen atoms in total. The van der Waals surface area contributed by atoms with Gasteiger partial charge >= 0.3 is 0 Å². The molecule has 0 aromatic heterocycles. The van der Waals surface area contributed by atoms with Crippen LogP contribution in [-0.4, -0.2) is 44.2 Å². The summed E-state index contributed by atoms with van der Waals surface area (Å²) in [6.45, 7) is 0.774. The van der Waals surface area contributed by atoms with Crippen molar-refractivity contribution in [1.29, 1.82) is 0 Å². The molecule has 1 atom stereocenters. The van der Waals surface area contributed by atoms with Gasteiger partial charge < -0.3 is 5.32 Å². The van der Waals surface area contributed by atoms with Crippen molar-refractivity contribution in [2.45, 2.75) is 17.7 Å². The molecule has 1 saturated heterocycles. The van der Waals surface area contributed by atoms with Crippen molar-refractivity contribution in [3.8, 4) is 0 Å². The van der Waals surface area contributed by atoms with Crippen LogP contribution in [0.1, 0.15) is 12.8 Å². The Morgan fingerprint density at radius 3 is 2.76 bits per heavy atom. The fourth-order valence-corrected chi connectivity index (χ4v) is 3.91. The molecular weight excluding hydrogens is 308 g/mol. The van der Waals surface area contributed by atoms with E-state index < -0.39 is 10.0 Å². The Morgan fingerprint density at radius 1 is 1.38 bits per heavy atom. The standard InChI is InChI=1S/C14H20N2O3S2/c1-20-13-8-4-3-7-12(13)15-14(17)11-6-5-9-16(10-11)21(2,18)19/h3-4,7-8,11H,5-6,9-10H2,1-2H3,(H,15,17)/t11-/m1/s1. The number of hydrogen-bond donors (Lipinski definition) is 1. The van der Waals surface area contributed by atoms with E-state index in [2.05, 4.69) is 5.32 Å². The third-order valence-corrected chi connectivity index (χ3v) is 5.65. The van der Waals surface area contributed by atoms with E-state index in [4.69, 9.17) is 0 Å². The lowest BCUT2D eigenvalue weighted by atomic mass is 9.99. The molecule has 2 rings (SSSR count). The third kappa shape index (κ3) is 4.21. The van der Waals surface area contributed by atoms with Crippen LogP contribution in [0.4, 0.5) is 5.69 Å². The highest BCUT2D eigenvalue weighted by molar-refractivity contribution is 7.98. The van der Waals surface area contributed by atoms with E-state index >= 15 is 0 Å². The largest absolute Gasteiger partial charge is 0.325 e. The van der Waals surface area contributed by atoms with Gasteiger partial charge in [-0.2, -0.15) is 0 Å². The van der Waals surface area contributed by atoms with Crippen LogP contribution in [0, 0.1) is 5.92 Å². The zero-order valence-corrected chi connectivity index (χ0v) is 13.8. The van der Waals surface area contributed by atoms with E-state index in [0.717, 1.165) is 23.4 Å². The van der Waals surface area contributed by atoms with E-state index in [1.54, 1.807) is 11.8 Å². The van der Waals surface area contributed by atoms with Gasteiger partial charge in [0.1, 0.15) is 0 Å². The van der Waals surface area contributed by atoms with E-state index in [1.807, 2.05) is 30.5 Å². The number of carbonyl (C=O) groups excluding carboxylic acids is 1. The number of piperidine rings is 1. The summed E-state index contributed by atoms with van der Waals surface area (Å²) in [5.41, 5.74) is 0.784. The Bertz CT molecular complexity index is 616. The van der Waals surface area contributed by atoms with Gasteiger partial charge in [-0.05, 0) is 31.2 Å². The monoisotopic (exact) mass is 328 g/mol. The first-order valence-electron chi connectivity index (χ1n) is 6.81. The molecular formula is C14H20N2O3S2. The predicted molar refractivity (Wildman–Crippen MR) is 86.0 cm³/mol. The van der Waals surface area contributed by atoms with Crippen molar-refractivity contribution in [3.05, 3.63) is 24.3 Å². The second-order valence-electron chi connectivity index (χ2n) is 5.15. The van der Waals surface area contributed by atoms with E-state index in [0.29, 0.717) is 6.54 Å². The van der Waals surface area contributed by atoms with Crippen LogP contribution in [0.25, 0.3) is 0 Å². The number of anilines is 1. The molecule has 1 aliphatic heterocycles. The van der Waals surface area contributed by atoms with Gasteiger partial charge in [0.05, 0.1) is 17.9 Å². The van der Waals surface area contributed by atoms with Crippen LogP contribution in [-0.2, 0) is 14.8 Å². The average molecular weight is 328 g/mol. The smallest absolute Gasteiger partial charge is 0.228 e. The molecule has 116 valence electrons. The first-order valence-corrected chi connectivity index (χ1v) is 9.88. The van der Waals surface area contributed by atoms with E-state index in [9.17, 15) is 13.2 Å². The normalized spacial score (nSPS) is 20.2. The second-order valence-corrected chi connectivity index (χ2v) is 7.98. The summed E-state index contributed by atoms with van der Waals surface area (Å²) < 4.78 is 24.6. The van der Waals surface area contributed by atoms with Gasteiger partial charge in [0, 0.05) is 18.0 Å². The third-order valence-electron chi connectivity index (χ3n) is 3.59. The molecule has 7 heteroatoms. The summed E-state index contributed by atoms with van der Waals surface area (Å²) >= 11 is 1.57. The Labute approximate surface area is 130 Å². The molecule has 1 aliphatic rings. The maximum atomic E-state index is 12.4. The highest BCUT2D eigenvalue weighted by atomic mass is 32.2. The topological polar surface area (TPSA) is 66.5 Å². The molecule has 1 fully saturated rings. The van der Waals surface area contributed by atoms with Gasteiger partial charge in [-0.1, -0.05) is 12.1 Å². The van der Waals surface area contributed by atoms with Crippen LogP contribution in [0.2, 0.25) is 0 Å². The number of nitrogens with one attached hydrogen (secondary N) is 1. The van der Waals surface area contributed by atoms with Crippen molar-refractivity contribution in [1.82, 2.24) is 4.31 Å². The molecule has 0 unspecified atom stereocenters. The van der Waals surface area contributed by atoms with Gasteiger partial charge in [-0.25, -0.2) is 12.7 Å². The molecule has 0 spiro atoms. The summed E-state index contributed by atoms with van der Waals surface area (Å²) in [5, 5.41) is 2.92. The average Bonchev–Trinajstić information content (AvgIpc) is 2.47. The van der Waals surface area contributed by atoms with Crippen LogP contribution in [0.3, 0.4) is 0 Å². The van der Waals surface area contributed by atoms with Crippen molar-refractivity contribution in [3.63, 3.8) is 0 Å². The van der Waals surface area contributed by atoms with Crippen molar-refractivity contribution in [2.75, 3.05) is 30.9 Å². The van der Waals surface area contributed by atoms with Crippen molar-refractivity contribution in [2.24, 2.45) is 5.92 Å². The zero-order chi connectivity index (χ0) is 15.5. The molecule has 1 heterocycles. The Balaban J connectivity index is 2.06. The Kier molecular flexibility index (Phi) is 5.29. The summed E-state index contributed by atoms with van der Waals surface area (Å²) in [6, 6.07) is 7.61. The predicted octanol–water partition coefficient (Wildman–Crippen LogP) is 2.02. The lowest BCUT2D eigenvalue weighted by Crippen LogP contribution is -2.43. The van der Waals surface area contributed by atoms with Crippen LogP contribution < -0.4 is 5.32 Å². The van der Waals surface area contributed by atoms with Gasteiger partial charge in [0.15, 0.2) is 0 Å². The maximum absolute atomic E-state index is 12.4. The quantitative estimate of drug-likeness (QED) is 0.859. The second kappa shape index (κ2) is 6.81. The summed E-state index contributed by atoms with van der Waals surface area (Å²) in [6.07, 6.45) is 4.59. The van der Waals surface area contributed by atoms with Gasteiger partial charge in [-0.3, -0.25) is 4.79 Å². The fraction of sp³-hybridized carbons (Fsp3) is 0.500. The number of para-hydroxylation sites is 1. The van der Waals surface area contributed by atoms with E-state index in [-0.39, 0.29) is 18.4 Å². The SMILES string of the molecule is CSc1ccccc1NC(=O)[C@@H]1CCCN(S(C)(=O)=O)C1. The minimum atomic E-state index is -3.23. The van der Waals surface area contributed by atoms with Gasteiger partial charge in [0.2, 0.25) is 15.9 Å². The summed E-state index contributed by atoms with van der Waals surface area (Å²) in [4.78, 5) is 13.4. The number of benzene rings is 1. The molecule has 1 N–H and O–H groups in total. The van der Waals surface area contributed by atoms with Crippen LogP contribution in [0.5, 0.6) is 0 Å². The molecule has 0 bridgehead atoms. The first-order chi connectivity index (χ1) is 9.91. The van der Waals surface area contributed by atoms with Crippen molar-refractivity contribution >= 4 is 33.4 Å². The highest BCUT2D eigenvalue weighted by Crippen LogP contribution is 2.26. The number of rotatable bonds is 4. The Hall–Kier alpha value is -1.05. The number of amides is 1. The minimum absolute atomic E-state index is 0.107. The first kappa shape index (κ1) is 16.3. The Morgan fingerprint density at radius 2 is 2.10 bits per heavy atom. The summed E-state index contributed by atoms with van der Waals surface area (Å²) in [5.74, 6) is -0.395. The minimum Gasteiger partial charge on any atom is -0.325 e. The number of hydrogen-bond acceptors (Lipinski definition) is 4. The highest BCUT2D eigenvalue weighted by Gasteiger charge is 2.30. The zero-order valence-electron chi connectivity index (χ0n) is 12.2. The number of thioether (sulfide) groups is 1. The number of nitrogens with zero attached hydrogens (tertiary/aromatic N) is 1. The molecule has 21 heavy (non-hydrogen) atoms. The van der Waals surface area contributed by atoms with Crippen LogP contribution in [0.15, 0.2) is 29.2 Å². The lowest BCUT2D eigenvalue weighted by Gasteiger charge is -2.30. The van der Waals surface area contributed by atoms with Gasteiger partial charge in [0.25, 0.3) is 0 Å². The lowest BCUT2D eigenvalue weighted by molar-refractivity contribution is -0.120. The molecule has 1 aromatic carbocycles. The molecule has 1 aromatic rings. The maximum Gasteiger partial charge on any atom is 0.228 e. The van der Waals surface area contributed by atoms with Crippen molar-refractivity contribution < 1.29 is 13.2 Å². The van der Waals surface area contributed by atoms with E-state index in [1.165, 1.54) is 10.6 Å². The molecule has 1 amide bonds. The molecule has 0 aliphatic carbocycles.